The summed E-state index contributed by atoms with van der Waals surface area (Å²) in [4.78, 5) is 8.07. The zero-order chi connectivity index (χ0) is 10.4. The van der Waals surface area contributed by atoms with E-state index in [0.717, 1.165) is 30.8 Å². The molecule has 1 N–H and O–H groups in total. The Morgan fingerprint density at radius 1 is 1.57 bits per heavy atom. The second-order valence-electron chi connectivity index (χ2n) is 2.85. The number of hydrogen-bond donors (Lipinski definition) is 1. The first kappa shape index (κ1) is 11.0. The fourth-order valence-electron chi connectivity index (χ4n) is 1.15. The Kier molecular flexibility index (Phi) is 4.40. The smallest absolute Gasteiger partial charge is 0.137 e. The lowest BCUT2D eigenvalue weighted by Crippen LogP contribution is -2.06. The number of halogens is 1. The van der Waals surface area contributed by atoms with E-state index in [4.69, 9.17) is 11.6 Å². The van der Waals surface area contributed by atoms with Gasteiger partial charge in [0.05, 0.1) is 0 Å². The van der Waals surface area contributed by atoms with E-state index in [0.29, 0.717) is 5.15 Å². The van der Waals surface area contributed by atoms with Crippen LogP contribution >= 0.6 is 11.6 Å². The summed E-state index contributed by atoms with van der Waals surface area (Å²) in [6.07, 6.45) is 5.07. The van der Waals surface area contributed by atoms with Crippen molar-refractivity contribution < 1.29 is 0 Å². The van der Waals surface area contributed by atoms with Gasteiger partial charge in [-0.2, -0.15) is 0 Å². The van der Waals surface area contributed by atoms with Crippen LogP contribution in [0.1, 0.15) is 18.9 Å². The summed E-state index contributed by atoms with van der Waals surface area (Å²) in [5.74, 6) is 0.828. The predicted octanol–water partition coefficient (Wildman–Crippen LogP) is 2.68. The molecule has 14 heavy (non-hydrogen) atoms. The number of nitrogens with zero attached hydrogens (tertiary/aromatic N) is 2. The highest BCUT2D eigenvalue weighted by atomic mass is 35.5. The summed E-state index contributed by atoms with van der Waals surface area (Å²) in [7, 11) is 0. The summed E-state index contributed by atoms with van der Waals surface area (Å²) >= 11 is 5.93. The Bertz CT molecular complexity index is 312. The Morgan fingerprint density at radius 2 is 2.36 bits per heavy atom. The van der Waals surface area contributed by atoms with Crippen LogP contribution in [0.15, 0.2) is 19.0 Å². The monoisotopic (exact) mass is 211 g/mol. The first-order valence-corrected chi connectivity index (χ1v) is 5.01. The van der Waals surface area contributed by atoms with E-state index in [1.807, 2.05) is 13.0 Å². The average Bonchev–Trinajstić information content (AvgIpc) is 2.18. The molecule has 0 saturated heterocycles. The van der Waals surface area contributed by atoms with Crippen molar-refractivity contribution in [2.45, 2.75) is 19.8 Å². The SMILES string of the molecule is C=CCCNc1ncnc(Cl)c1CC. The van der Waals surface area contributed by atoms with Crippen LogP contribution < -0.4 is 5.32 Å². The fourth-order valence-corrected chi connectivity index (χ4v) is 1.42. The van der Waals surface area contributed by atoms with E-state index in [1.165, 1.54) is 6.33 Å². The number of aromatic nitrogens is 2. The molecule has 0 fully saturated rings. The molecule has 0 aliphatic rings. The quantitative estimate of drug-likeness (QED) is 0.462. The number of hydrogen-bond acceptors (Lipinski definition) is 3. The third-order valence-electron chi connectivity index (χ3n) is 1.89. The van der Waals surface area contributed by atoms with Gasteiger partial charge in [0.15, 0.2) is 0 Å². The summed E-state index contributed by atoms with van der Waals surface area (Å²) in [6.45, 7) is 6.51. The van der Waals surface area contributed by atoms with Gasteiger partial charge in [0.2, 0.25) is 0 Å². The highest BCUT2D eigenvalue weighted by molar-refractivity contribution is 6.30. The van der Waals surface area contributed by atoms with Crippen LogP contribution in [0, 0.1) is 0 Å². The molecule has 0 unspecified atom stereocenters. The maximum atomic E-state index is 5.93. The molecular weight excluding hydrogens is 198 g/mol. The molecule has 0 saturated carbocycles. The molecule has 0 atom stereocenters. The Balaban J connectivity index is 2.74. The first-order valence-electron chi connectivity index (χ1n) is 4.63. The molecule has 1 aromatic heterocycles. The molecule has 4 heteroatoms. The van der Waals surface area contributed by atoms with Gasteiger partial charge in [0.1, 0.15) is 17.3 Å². The second-order valence-corrected chi connectivity index (χ2v) is 3.21. The van der Waals surface area contributed by atoms with Crippen LogP contribution in [0.25, 0.3) is 0 Å². The molecule has 0 aliphatic heterocycles. The van der Waals surface area contributed by atoms with Gasteiger partial charge in [-0.3, -0.25) is 0 Å². The molecular formula is C10H14ClN3. The molecule has 0 aromatic carbocycles. The van der Waals surface area contributed by atoms with Crippen molar-refractivity contribution in [1.82, 2.24) is 9.97 Å². The lowest BCUT2D eigenvalue weighted by Gasteiger charge is -2.08. The standard InChI is InChI=1S/C10H14ClN3/c1-3-5-6-12-10-8(4-2)9(11)13-7-14-10/h3,7H,1,4-6H2,2H3,(H,12,13,14). The van der Waals surface area contributed by atoms with E-state index in [1.54, 1.807) is 0 Å². The average molecular weight is 212 g/mol. The molecule has 0 spiro atoms. The summed E-state index contributed by atoms with van der Waals surface area (Å²) in [5, 5.41) is 3.73. The molecule has 1 aromatic rings. The highest BCUT2D eigenvalue weighted by Gasteiger charge is 2.06. The molecule has 1 rings (SSSR count). The first-order chi connectivity index (χ1) is 6.79. The van der Waals surface area contributed by atoms with Gasteiger partial charge in [-0.25, -0.2) is 9.97 Å². The van der Waals surface area contributed by atoms with Crippen LogP contribution in [0.4, 0.5) is 5.82 Å². The van der Waals surface area contributed by atoms with Crippen molar-refractivity contribution in [3.8, 4) is 0 Å². The van der Waals surface area contributed by atoms with Crippen LogP contribution in [-0.4, -0.2) is 16.5 Å². The van der Waals surface area contributed by atoms with Crippen molar-refractivity contribution in [1.29, 1.82) is 0 Å². The third kappa shape index (κ3) is 2.70. The molecule has 76 valence electrons. The van der Waals surface area contributed by atoms with Crippen LogP contribution in [0.3, 0.4) is 0 Å². The van der Waals surface area contributed by atoms with Gasteiger partial charge in [-0.15, -0.1) is 6.58 Å². The Morgan fingerprint density at radius 3 is 3.00 bits per heavy atom. The molecule has 0 radical (unpaired) electrons. The van der Waals surface area contributed by atoms with E-state index in [9.17, 15) is 0 Å². The van der Waals surface area contributed by atoms with E-state index in [2.05, 4.69) is 21.9 Å². The van der Waals surface area contributed by atoms with Gasteiger partial charge in [0, 0.05) is 12.1 Å². The minimum Gasteiger partial charge on any atom is -0.369 e. The molecule has 0 aliphatic carbocycles. The van der Waals surface area contributed by atoms with E-state index >= 15 is 0 Å². The van der Waals surface area contributed by atoms with E-state index < -0.39 is 0 Å². The van der Waals surface area contributed by atoms with E-state index in [-0.39, 0.29) is 0 Å². The van der Waals surface area contributed by atoms with Crippen molar-refractivity contribution in [3.05, 3.63) is 29.7 Å². The zero-order valence-electron chi connectivity index (χ0n) is 8.26. The minimum absolute atomic E-state index is 0.531. The highest BCUT2D eigenvalue weighted by Crippen LogP contribution is 2.19. The Hall–Kier alpha value is -1.09. The summed E-state index contributed by atoms with van der Waals surface area (Å²) < 4.78 is 0. The van der Waals surface area contributed by atoms with Gasteiger partial charge in [0.25, 0.3) is 0 Å². The van der Waals surface area contributed by atoms with Gasteiger partial charge in [-0.1, -0.05) is 24.6 Å². The molecule has 0 bridgehead atoms. The van der Waals surface area contributed by atoms with Crippen LogP contribution in [0.2, 0.25) is 5.15 Å². The van der Waals surface area contributed by atoms with Crippen molar-refractivity contribution in [3.63, 3.8) is 0 Å². The maximum Gasteiger partial charge on any atom is 0.137 e. The van der Waals surface area contributed by atoms with Gasteiger partial charge in [-0.05, 0) is 12.8 Å². The van der Waals surface area contributed by atoms with Gasteiger partial charge < -0.3 is 5.32 Å². The third-order valence-corrected chi connectivity index (χ3v) is 2.21. The lowest BCUT2D eigenvalue weighted by atomic mass is 10.2. The second kappa shape index (κ2) is 5.60. The zero-order valence-corrected chi connectivity index (χ0v) is 9.01. The van der Waals surface area contributed by atoms with Crippen LogP contribution in [0.5, 0.6) is 0 Å². The number of nitrogens with one attached hydrogen (secondary N) is 1. The molecule has 1 heterocycles. The van der Waals surface area contributed by atoms with Gasteiger partial charge >= 0.3 is 0 Å². The lowest BCUT2D eigenvalue weighted by molar-refractivity contribution is 0.995. The summed E-state index contributed by atoms with van der Waals surface area (Å²) in [6, 6.07) is 0. The minimum atomic E-state index is 0.531. The topological polar surface area (TPSA) is 37.8 Å². The number of rotatable bonds is 5. The molecule has 3 nitrogen and oxygen atoms in total. The molecule has 0 amide bonds. The maximum absolute atomic E-state index is 5.93. The van der Waals surface area contributed by atoms with Crippen molar-refractivity contribution in [2.75, 3.05) is 11.9 Å². The number of anilines is 1. The normalized spacial score (nSPS) is 9.86. The fraction of sp³-hybridized carbons (Fsp3) is 0.400. The largest absolute Gasteiger partial charge is 0.369 e. The van der Waals surface area contributed by atoms with Crippen LogP contribution in [-0.2, 0) is 6.42 Å². The predicted molar refractivity (Wildman–Crippen MR) is 59.7 cm³/mol. The van der Waals surface area contributed by atoms with Crippen molar-refractivity contribution >= 4 is 17.4 Å². The van der Waals surface area contributed by atoms with Crippen molar-refractivity contribution in [2.24, 2.45) is 0 Å². The summed E-state index contributed by atoms with van der Waals surface area (Å²) in [5.41, 5.74) is 0.971. The Labute approximate surface area is 89.2 Å².